The summed E-state index contributed by atoms with van der Waals surface area (Å²) in [5.41, 5.74) is 0.270. The van der Waals surface area contributed by atoms with Crippen molar-refractivity contribution in [2.24, 2.45) is 0 Å². The SMILES string of the molecule is COS(=O)(=O)c1ccc(C)cc1C1=CC2(CCC2)Oc2ccc(C(F)(F)F)cc21. The van der Waals surface area contributed by atoms with Crippen molar-refractivity contribution in [3.8, 4) is 5.75 Å². The molecule has 2 aromatic carbocycles. The van der Waals surface area contributed by atoms with Crippen LogP contribution in [0.15, 0.2) is 47.4 Å². The van der Waals surface area contributed by atoms with E-state index in [9.17, 15) is 21.6 Å². The summed E-state index contributed by atoms with van der Waals surface area (Å²) in [6, 6.07) is 8.00. The summed E-state index contributed by atoms with van der Waals surface area (Å²) in [4.78, 5) is -0.0865. The van der Waals surface area contributed by atoms with Gasteiger partial charge in [-0.3, -0.25) is 4.18 Å². The second-order valence-corrected chi connectivity index (χ2v) is 9.09. The second kappa shape index (κ2) is 6.60. The minimum Gasteiger partial charge on any atom is -0.483 e. The van der Waals surface area contributed by atoms with Gasteiger partial charge in [0.25, 0.3) is 10.1 Å². The molecule has 1 aliphatic heterocycles. The smallest absolute Gasteiger partial charge is 0.416 e. The normalized spacial score (nSPS) is 17.9. The van der Waals surface area contributed by atoms with E-state index in [1.807, 2.05) is 0 Å². The lowest BCUT2D eigenvalue weighted by Gasteiger charge is -2.43. The van der Waals surface area contributed by atoms with Gasteiger partial charge in [-0.1, -0.05) is 17.7 Å². The molecule has 2 aliphatic rings. The lowest BCUT2D eigenvalue weighted by Crippen LogP contribution is -2.43. The van der Waals surface area contributed by atoms with Crippen molar-refractivity contribution in [3.05, 3.63) is 64.7 Å². The van der Waals surface area contributed by atoms with E-state index in [1.165, 1.54) is 12.1 Å². The number of hydrogen-bond donors (Lipinski definition) is 0. The lowest BCUT2D eigenvalue weighted by atomic mass is 9.75. The third kappa shape index (κ3) is 3.44. The minimum atomic E-state index is -4.53. The molecule has 1 aliphatic carbocycles. The molecule has 1 spiro atoms. The number of hydrogen-bond acceptors (Lipinski definition) is 4. The topological polar surface area (TPSA) is 52.6 Å². The van der Waals surface area contributed by atoms with Gasteiger partial charge in [0.2, 0.25) is 0 Å². The fourth-order valence-electron chi connectivity index (χ4n) is 3.75. The summed E-state index contributed by atoms with van der Waals surface area (Å²) in [7, 11) is -3.01. The van der Waals surface area contributed by atoms with E-state index in [0.29, 0.717) is 16.9 Å². The van der Waals surface area contributed by atoms with Gasteiger partial charge < -0.3 is 4.74 Å². The van der Waals surface area contributed by atoms with Crippen molar-refractivity contribution < 1.29 is 30.5 Å². The van der Waals surface area contributed by atoms with E-state index in [4.69, 9.17) is 4.74 Å². The van der Waals surface area contributed by atoms with Crippen LogP contribution in [0.4, 0.5) is 13.2 Å². The lowest BCUT2D eigenvalue weighted by molar-refractivity contribution is -0.137. The molecule has 8 heteroatoms. The van der Waals surface area contributed by atoms with Crippen LogP contribution >= 0.6 is 0 Å². The summed E-state index contributed by atoms with van der Waals surface area (Å²) in [6.07, 6.45) is -0.400. The van der Waals surface area contributed by atoms with Crippen molar-refractivity contribution in [2.45, 2.75) is 42.9 Å². The molecule has 0 N–H and O–H groups in total. The highest BCUT2D eigenvalue weighted by molar-refractivity contribution is 7.86. The van der Waals surface area contributed by atoms with E-state index in [2.05, 4.69) is 4.18 Å². The van der Waals surface area contributed by atoms with Crippen LogP contribution in [0, 0.1) is 6.92 Å². The first-order valence-electron chi connectivity index (χ1n) is 9.10. The second-order valence-electron chi connectivity index (χ2n) is 7.41. The van der Waals surface area contributed by atoms with Crippen molar-refractivity contribution in [1.29, 1.82) is 0 Å². The molecule has 0 unspecified atom stereocenters. The molecule has 0 saturated heterocycles. The first-order chi connectivity index (χ1) is 13.5. The molecule has 2 aromatic rings. The third-order valence-corrected chi connectivity index (χ3v) is 6.77. The van der Waals surface area contributed by atoms with Gasteiger partial charge in [-0.05, 0) is 62.1 Å². The Hall–Kier alpha value is -2.32. The number of aryl methyl sites for hydroxylation is 1. The minimum absolute atomic E-state index is 0.0865. The van der Waals surface area contributed by atoms with Gasteiger partial charge in [-0.2, -0.15) is 21.6 Å². The summed E-state index contributed by atoms with van der Waals surface area (Å²) >= 11 is 0. The zero-order chi connectivity index (χ0) is 21.0. The molecule has 154 valence electrons. The molecule has 1 heterocycles. The monoisotopic (exact) mass is 424 g/mol. The Balaban J connectivity index is 1.99. The highest BCUT2D eigenvalue weighted by Gasteiger charge is 2.43. The Morgan fingerprint density at radius 1 is 1.07 bits per heavy atom. The first kappa shape index (κ1) is 20.0. The number of halogens is 3. The van der Waals surface area contributed by atoms with Crippen LogP contribution in [0.2, 0.25) is 0 Å². The summed E-state index contributed by atoms with van der Waals surface area (Å²) in [5.74, 6) is 0.317. The Bertz CT molecular complexity index is 1110. The van der Waals surface area contributed by atoms with Crippen molar-refractivity contribution in [2.75, 3.05) is 7.11 Å². The zero-order valence-electron chi connectivity index (χ0n) is 15.8. The summed E-state index contributed by atoms with van der Waals surface area (Å²) in [6.45, 7) is 1.79. The molecule has 29 heavy (non-hydrogen) atoms. The van der Waals surface area contributed by atoms with E-state index < -0.39 is 27.5 Å². The van der Waals surface area contributed by atoms with Gasteiger partial charge in [0.1, 0.15) is 16.2 Å². The van der Waals surface area contributed by atoms with Crippen LogP contribution in [0.5, 0.6) is 5.75 Å². The quantitative estimate of drug-likeness (QED) is 0.644. The largest absolute Gasteiger partial charge is 0.483 e. The molecule has 0 amide bonds. The average Bonchev–Trinajstić information content (AvgIpc) is 2.64. The zero-order valence-corrected chi connectivity index (χ0v) is 16.7. The van der Waals surface area contributed by atoms with Crippen molar-refractivity contribution >= 4 is 15.7 Å². The van der Waals surface area contributed by atoms with Crippen molar-refractivity contribution in [1.82, 2.24) is 0 Å². The first-order valence-corrected chi connectivity index (χ1v) is 10.5. The van der Waals surface area contributed by atoms with E-state index >= 15 is 0 Å². The van der Waals surface area contributed by atoms with Gasteiger partial charge >= 0.3 is 6.18 Å². The van der Waals surface area contributed by atoms with Crippen LogP contribution in [0.1, 0.15) is 41.5 Å². The maximum absolute atomic E-state index is 13.3. The van der Waals surface area contributed by atoms with Gasteiger partial charge in [-0.25, -0.2) is 0 Å². The number of rotatable bonds is 3. The molecule has 0 atom stereocenters. The Morgan fingerprint density at radius 2 is 1.79 bits per heavy atom. The maximum Gasteiger partial charge on any atom is 0.416 e. The van der Waals surface area contributed by atoms with Crippen LogP contribution < -0.4 is 4.74 Å². The van der Waals surface area contributed by atoms with E-state index in [-0.39, 0.29) is 10.5 Å². The molecular weight excluding hydrogens is 405 g/mol. The van der Waals surface area contributed by atoms with Crippen molar-refractivity contribution in [3.63, 3.8) is 0 Å². The summed E-state index contributed by atoms with van der Waals surface area (Å²) in [5, 5.41) is 0. The van der Waals surface area contributed by atoms with Crippen LogP contribution in [0.3, 0.4) is 0 Å². The molecule has 1 saturated carbocycles. The number of ether oxygens (including phenoxy) is 1. The molecular formula is C21H19F3O4S. The molecule has 0 radical (unpaired) electrons. The fraction of sp³-hybridized carbons (Fsp3) is 0.333. The highest BCUT2D eigenvalue weighted by atomic mass is 32.2. The van der Waals surface area contributed by atoms with Gasteiger partial charge in [0.05, 0.1) is 12.7 Å². The van der Waals surface area contributed by atoms with Crippen LogP contribution in [0.25, 0.3) is 5.57 Å². The van der Waals surface area contributed by atoms with Crippen LogP contribution in [-0.2, 0) is 20.5 Å². The fourth-order valence-corrected chi connectivity index (χ4v) is 4.60. The molecule has 1 fully saturated rings. The predicted octanol–water partition coefficient (Wildman–Crippen LogP) is 5.10. The predicted molar refractivity (Wildman–Crippen MR) is 101 cm³/mol. The highest BCUT2D eigenvalue weighted by Crippen LogP contribution is 2.49. The molecule has 0 bridgehead atoms. The van der Waals surface area contributed by atoms with E-state index in [0.717, 1.165) is 44.1 Å². The van der Waals surface area contributed by atoms with E-state index in [1.54, 1.807) is 25.1 Å². The molecule has 4 nitrogen and oxygen atoms in total. The van der Waals surface area contributed by atoms with Gasteiger partial charge in [0.15, 0.2) is 0 Å². The third-order valence-electron chi connectivity index (χ3n) is 5.43. The Kier molecular flexibility index (Phi) is 4.55. The Labute approximate surface area is 167 Å². The Morgan fingerprint density at radius 3 is 2.38 bits per heavy atom. The maximum atomic E-state index is 13.3. The average molecular weight is 424 g/mol. The number of fused-ring (bicyclic) bond motifs is 1. The molecule has 4 rings (SSSR count). The summed E-state index contributed by atoms with van der Waals surface area (Å²) < 4.78 is 75.7. The molecule has 0 aromatic heterocycles. The standard InChI is InChI=1S/C21H19F3O4S/c1-13-4-7-19(29(25,26)27-2)16(10-13)17-12-20(8-3-9-20)28-18-6-5-14(11-15(17)18)21(22,23)24/h4-7,10-12H,3,8-9H2,1-2H3. The van der Waals surface area contributed by atoms with Gasteiger partial charge in [-0.15, -0.1) is 0 Å². The van der Waals surface area contributed by atoms with Gasteiger partial charge in [0, 0.05) is 11.1 Å². The van der Waals surface area contributed by atoms with Crippen LogP contribution in [-0.4, -0.2) is 21.1 Å². The number of alkyl halides is 3. The number of benzene rings is 2.